The molecule has 0 radical (unpaired) electrons. The molecule has 7 rings (SSSR count). The summed E-state index contributed by atoms with van der Waals surface area (Å²) in [6.07, 6.45) is 0. The Bertz CT molecular complexity index is 1940. The molecule has 10 heteroatoms. The molecule has 0 aliphatic carbocycles. The minimum atomic E-state index is 0.152. The molecule has 0 saturated heterocycles. The topological polar surface area (TPSA) is 101 Å². The molecule has 0 N–H and O–H groups in total. The molecule has 10 nitrogen and oxygen atoms in total. The monoisotopic (exact) mass is 565 g/mol. The van der Waals surface area contributed by atoms with E-state index < -0.39 is 0 Å². The summed E-state index contributed by atoms with van der Waals surface area (Å²) in [7, 11) is 1.90. The second-order valence-corrected chi connectivity index (χ2v) is 9.94. The molecule has 43 heavy (non-hydrogen) atoms. The number of aromatic nitrogens is 9. The molecule has 0 saturated carbocycles. The van der Waals surface area contributed by atoms with Crippen LogP contribution in [0.3, 0.4) is 0 Å². The highest BCUT2D eigenvalue weighted by molar-refractivity contribution is 5.62. The lowest BCUT2D eigenvalue weighted by Crippen LogP contribution is -2.09. The van der Waals surface area contributed by atoms with Crippen LogP contribution in [0.1, 0.15) is 11.4 Å². The molecular weight excluding hydrogens is 538 g/mol. The highest BCUT2D eigenvalue weighted by Crippen LogP contribution is 2.27. The van der Waals surface area contributed by atoms with Crippen LogP contribution in [0, 0.1) is 6.92 Å². The summed E-state index contributed by atoms with van der Waals surface area (Å²) in [6, 6.07) is 37.6. The van der Waals surface area contributed by atoms with Crippen LogP contribution >= 0.6 is 0 Å². The lowest BCUT2D eigenvalue weighted by atomic mass is 10.2. The Morgan fingerprint density at radius 1 is 0.605 bits per heavy atom. The maximum atomic E-state index is 6.11. The molecule has 210 valence electrons. The van der Waals surface area contributed by atoms with E-state index in [9.17, 15) is 0 Å². The van der Waals surface area contributed by atoms with Gasteiger partial charge in [-0.15, -0.1) is 20.4 Å². The Hall–Kier alpha value is -5.90. The van der Waals surface area contributed by atoms with Gasteiger partial charge in [0.25, 0.3) is 5.95 Å². The zero-order valence-corrected chi connectivity index (χ0v) is 23.6. The quantitative estimate of drug-likeness (QED) is 0.227. The summed E-state index contributed by atoms with van der Waals surface area (Å²) in [4.78, 5) is 9.86. The second-order valence-electron chi connectivity index (χ2n) is 9.94. The van der Waals surface area contributed by atoms with Crippen molar-refractivity contribution < 1.29 is 4.74 Å². The number of benzene rings is 4. The van der Waals surface area contributed by atoms with Crippen molar-refractivity contribution in [2.45, 2.75) is 13.5 Å². The Kier molecular flexibility index (Phi) is 6.76. The number of hydrogen-bond acceptors (Lipinski definition) is 7. The van der Waals surface area contributed by atoms with Gasteiger partial charge >= 0.3 is 0 Å². The lowest BCUT2D eigenvalue weighted by Gasteiger charge is -2.06. The molecule has 0 aliphatic heterocycles. The van der Waals surface area contributed by atoms with Crippen LogP contribution < -0.4 is 4.74 Å². The molecule has 0 atom stereocenters. The summed E-state index contributed by atoms with van der Waals surface area (Å²) in [5.74, 6) is 3.88. The second kappa shape index (κ2) is 11.2. The smallest absolute Gasteiger partial charge is 0.254 e. The fourth-order valence-electron chi connectivity index (χ4n) is 4.83. The van der Waals surface area contributed by atoms with Crippen molar-refractivity contribution in [2.24, 2.45) is 7.05 Å². The van der Waals surface area contributed by atoms with Gasteiger partial charge < -0.3 is 4.74 Å². The predicted molar refractivity (Wildman–Crippen MR) is 163 cm³/mol. The predicted octanol–water partition coefficient (Wildman–Crippen LogP) is 5.86. The number of aryl methyl sites for hydroxylation is 1. The van der Waals surface area contributed by atoms with E-state index >= 15 is 0 Å². The summed E-state index contributed by atoms with van der Waals surface area (Å²) in [5, 5.41) is 18.7. The van der Waals surface area contributed by atoms with Crippen molar-refractivity contribution in [1.29, 1.82) is 0 Å². The van der Waals surface area contributed by atoms with E-state index in [1.54, 1.807) is 4.68 Å². The standard InChI is InChI=1S/C33H27N9O/c1-23-14-12-13-21-27(23)43-22-28-34-32(42(38-28)33-37-36-31(40(33)2)25-17-8-4-9-18-25)29-35-30(24-15-6-3-7-16-24)41(39-29)26-19-10-5-11-20-26/h3-21H,22H2,1-2H3. The molecule has 7 aromatic rings. The SMILES string of the molecule is Cc1ccccc1OCc1nc(-c2nc(-c3ccccc3)n(-c3ccccc3)n2)n(-c2nnc(-c3ccccc3)n2C)n1. The molecule has 0 aliphatic rings. The van der Waals surface area contributed by atoms with Gasteiger partial charge in [0.1, 0.15) is 12.4 Å². The van der Waals surface area contributed by atoms with E-state index in [-0.39, 0.29) is 6.61 Å². The van der Waals surface area contributed by atoms with Crippen molar-refractivity contribution in [3.63, 3.8) is 0 Å². The molecule has 4 aromatic carbocycles. The average molecular weight is 566 g/mol. The van der Waals surface area contributed by atoms with Crippen LogP contribution in [0.5, 0.6) is 5.75 Å². The number of nitrogens with zero attached hydrogens (tertiary/aromatic N) is 9. The van der Waals surface area contributed by atoms with E-state index in [1.807, 2.05) is 138 Å². The van der Waals surface area contributed by atoms with Crippen molar-refractivity contribution in [3.05, 3.63) is 127 Å². The Balaban J connectivity index is 1.37. The third-order valence-corrected chi connectivity index (χ3v) is 7.01. The van der Waals surface area contributed by atoms with Crippen LogP contribution in [0.15, 0.2) is 115 Å². The van der Waals surface area contributed by atoms with E-state index in [1.165, 1.54) is 0 Å². The maximum absolute atomic E-state index is 6.11. The third-order valence-electron chi connectivity index (χ3n) is 7.01. The van der Waals surface area contributed by atoms with Crippen LogP contribution in [0.4, 0.5) is 0 Å². The van der Waals surface area contributed by atoms with Crippen LogP contribution in [-0.2, 0) is 13.7 Å². The Morgan fingerprint density at radius 3 is 1.93 bits per heavy atom. The lowest BCUT2D eigenvalue weighted by molar-refractivity contribution is 0.294. The van der Waals surface area contributed by atoms with Gasteiger partial charge in [-0.1, -0.05) is 97.1 Å². The summed E-state index contributed by atoms with van der Waals surface area (Å²) in [5.41, 5.74) is 3.76. The van der Waals surface area contributed by atoms with Crippen LogP contribution in [-0.4, -0.2) is 44.3 Å². The molecule has 3 heterocycles. The van der Waals surface area contributed by atoms with Crippen molar-refractivity contribution in [1.82, 2.24) is 44.3 Å². The normalized spacial score (nSPS) is 11.1. The first-order valence-electron chi connectivity index (χ1n) is 13.8. The van der Waals surface area contributed by atoms with Gasteiger partial charge in [-0.25, -0.2) is 14.6 Å². The molecule has 0 amide bonds. The van der Waals surface area contributed by atoms with Gasteiger partial charge in [0.15, 0.2) is 17.5 Å². The number of para-hydroxylation sites is 2. The molecule has 0 spiro atoms. The molecule has 0 fully saturated rings. The van der Waals surface area contributed by atoms with Gasteiger partial charge in [-0.3, -0.25) is 4.57 Å². The molecule has 0 unspecified atom stereocenters. The van der Waals surface area contributed by atoms with Crippen LogP contribution in [0.2, 0.25) is 0 Å². The van der Waals surface area contributed by atoms with Crippen molar-refractivity contribution in [3.8, 4) is 51.8 Å². The molecule has 0 bridgehead atoms. The Labute approximate surface area is 247 Å². The van der Waals surface area contributed by atoms with Crippen molar-refractivity contribution >= 4 is 0 Å². The fraction of sp³-hybridized carbons (Fsp3) is 0.0909. The first kappa shape index (κ1) is 26.0. The van der Waals surface area contributed by atoms with E-state index in [4.69, 9.17) is 24.9 Å². The largest absolute Gasteiger partial charge is 0.485 e. The van der Waals surface area contributed by atoms with Crippen molar-refractivity contribution in [2.75, 3.05) is 0 Å². The number of hydrogen-bond donors (Lipinski definition) is 0. The zero-order valence-electron chi connectivity index (χ0n) is 23.6. The van der Waals surface area contributed by atoms with E-state index in [0.29, 0.717) is 35.1 Å². The first-order chi connectivity index (χ1) is 21.2. The average Bonchev–Trinajstić information content (AvgIpc) is 3.79. The minimum Gasteiger partial charge on any atom is -0.485 e. The fourth-order valence-corrected chi connectivity index (χ4v) is 4.83. The Morgan fingerprint density at radius 2 is 1.23 bits per heavy atom. The zero-order chi connectivity index (χ0) is 29.2. The minimum absolute atomic E-state index is 0.152. The third kappa shape index (κ3) is 5.06. The molecular formula is C33H27N9O. The van der Waals surface area contributed by atoms with E-state index in [2.05, 4.69) is 10.2 Å². The van der Waals surface area contributed by atoms with Gasteiger partial charge in [0.2, 0.25) is 11.6 Å². The van der Waals surface area contributed by atoms with Crippen LogP contribution in [0.25, 0.3) is 46.1 Å². The van der Waals surface area contributed by atoms with E-state index in [0.717, 1.165) is 28.1 Å². The highest BCUT2D eigenvalue weighted by atomic mass is 16.5. The summed E-state index contributed by atoms with van der Waals surface area (Å²) < 4.78 is 11.4. The first-order valence-corrected chi connectivity index (χ1v) is 13.8. The van der Waals surface area contributed by atoms with Gasteiger partial charge in [0.05, 0.1) is 5.69 Å². The maximum Gasteiger partial charge on any atom is 0.254 e. The summed E-state index contributed by atoms with van der Waals surface area (Å²) in [6.45, 7) is 2.15. The van der Waals surface area contributed by atoms with Gasteiger partial charge in [-0.05, 0) is 30.7 Å². The summed E-state index contributed by atoms with van der Waals surface area (Å²) >= 11 is 0. The highest BCUT2D eigenvalue weighted by Gasteiger charge is 2.25. The van der Waals surface area contributed by atoms with Gasteiger partial charge in [0, 0.05) is 18.2 Å². The molecule has 3 aromatic heterocycles. The number of ether oxygens (including phenoxy) is 1. The number of rotatable bonds is 8. The van der Waals surface area contributed by atoms with Gasteiger partial charge in [-0.2, -0.15) is 4.68 Å².